The lowest BCUT2D eigenvalue weighted by Gasteiger charge is -2.30. The topological polar surface area (TPSA) is 40.5 Å². The Balaban J connectivity index is 2.09. The number of aromatic nitrogens is 1. The van der Waals surface area contributed by atoms with Crippen LogP contribution in [0.1, 0.15) is 11.1 Å². The SMILES string of the molecule is CNC1N=C(c2ccncc2)C(c2ccc(Cl)cc2)=CN1C. The van der Waals surface area contributed by atoms with Gasteiger partial charge in [-0.3, -0.25) is 10.3 Å². The van der Waals surface area contributed by atoms with Gasteiger partial charge in [0.15, 0.2) is 6.29 Å². The third-order valence-electron chi connectivity index (χ3n) is 3.59. The average Bonchev–Trinajstić information content (AvgIpc) is 2.56. The summed E-state index contributed by atoms with van der Waals surface area (Å²) in [4.78, 5) is 11.0. The standard InChI is InChI=1S/C17H17ClN4/c1-19-17-21-16(13-7-9-20-10-8-13)15(11-22(17)2)12-3-5-14(18)6-4-12/h3-11,17,19H,1-2H3. The molecular formula is C17H17ClN4. The Kier molecular flexibility index (Phi) is 4.22. The lowest BCUT2D eigenvalue weighted by Crippen LogP contribution is -2.40. The Bertz CT molecular complexity index is 707. The van der Waals surface area contributed by atoms with Crippen LogP contribution in [0.4, 0.5) is 0 Å². The predicted octanol–water partition coefficient (Wildman–Crippen LogP) is 3.01. The summed E-state index contributed by atoms with van der Waals surface area (Å²) in [6.07, 6.45) is 5.58. The molecule has 0 saturated heterocycles. The summed E-state index contributed by atoms with van der Waals surface area (Å²) in [5.41, 5.74) is 4.14. The van der Waals surface area contributed by atoms with Crippen molar-refractivity contribution in [3.8, 4) is 0 Å². The van der Waals surface area contributed by atoms with Crippen molar-refractivity contribution in [3.05, 3.63) is 71.1 Å². The van der Waals surface area contributed by atoms with Crippen molar-refractivity contribution in [3.63, 3.8) is 0 Å². The number of aliphatic imine (C=N–C) groups is 1. The van der Waals surface area contributed by atoms with E-state index in [0.29, 0.717) is 0 Å². The average molecular weight is 313 g/mol. The summed E-state index contributed by atoms with van der Waals surface area (Å²) in [6.45, 7) is 0. The van der Waals surface area contributed by atoms with E-state index in [9.17, 15) is 0 Å². The molecule has 0 saturated carbocycles. The van der Waals surface area contributed by atoms with E-state index in [1.165, 1.54) is 0 Å². The van der Waals surface area contributed by atoms with Gasteiger partial charge in [0.2, 0.25) is 0 Å². The summed E-state index contributed by atoms with van der Waals surface area (Å²) in [6, 6.07) is 11.8. The summed E-state index contributed by atoms with van der Waals surface area (Å²) in [5, 5.41) is 3.92. The number of rotatable bonds is 3. The minimum absolute atomic E-state index is 0.0841. The Morgan fingerprint density at radius 2 is 1.73 bits per heavy atom. The van der Waals surface area contributed by atoms with E-state index < -0.39 is 0 Å². The van der Waals surface area contributed by atoms with Crippen LogP contribution in [0.2, 0.25) is 5.02 Å². The van der Waals surface area contributed by atoms with Crippen LogP contribution in [0.15, 0.2) is 60.0 Å². The highest BCUT2D eigenvalue weighted by atomic mass is 35.5. The van der Waals surface area contributed by atoms with Crippen molar-refractivity contribution < 1.29 is 0 Å². The van der Waals surface area contributed by atoms with Crippen LogP contribution >= 0.6 is 11.6 Å². The Hall–Kier alpha value is -2.17. The number of allylic oxidation sites excluding steroid dienone is 1. The summed E-state index contributed by atoms with van der Waals surface area (Å²) >= 11 is 6.00. The molecule has 0 spiro atoms. The van der Waals surface area contributed by atoms with Crippen LogP contribution < -0.4 is 5.32 Å². The molecule has 1 aliphatic heterocycles. The van der Waals surface area contributed by atoms with Crippen molar-refractivity contribution in [2.24, 2.45) is 4.99 Å². The molecule has 1 atom stereocenters. The van der Waals surface area contributed by atoms with Gasteiger partial charge in [-0.2, -0.15) is 0 Å². The maximum Gasteiger partial charge on any atom is 0.176 e. The van der Waals surface area contributed by atoms with Crippen LogP contribution in [-0.2, 0) is 0 Å². The van der Waals surface area contributed by atoms with Gasteiger partial charge in [-0.15, -0.1) is 0 Å². The number of nitrogens with zero attached hydrogens (tertiary/aromatic N) is 3. The van der Waals surface area contributed by atoms with Crippen LogP contribution in [0.5, 0.6) is 0 Å². The maximum absolute atomic E-state index is 6.00. The molecule has 3 rings (SSSR count). The number of nitrogens with one attached hydrogen (secondary N) is 1. The van der Waals surface area contributed by atoms with Gasteiger partial charge in [0, 0.05) is 41.8 Å². The monoisotopic (exact) mass is 312 g/mol. The number of halogens is 1. The summed E-state index contributed by atoms with van der Waals surface area (Å²) in [7, 11) is 3.90. The second-order valence-electron chi connectivity index (χ2n) is 5.09. The smallest absolute Gasteiger partial charge is 0.176 e. The first-order chi connectivity index (χ1) is 10.7. The van der Waals surface area contributed by atoms with Crippen molar-refractivity contribution in [1.82, 2.24) is 15.2 Å². The minimum Gasteiger partial charge on any atom is -0.346 e. The molecule has 4 nitrogen and oxygen atoms in total. The van der Waals surface area contributed by atoms with E-state index in [-0.39, 0.29) is 6.29 Å². The Labute approximate surface area is 135 Å². The van der Waals surface area contributed by atoms with Crippen LogP contribution in [0.3, 0.4) is 0 Å². The molecule has 2 heterocycles. The zero-order valence-corrected chi connectivity index (χ0v) is 13.2. The Morgan fingerprint density at radius 1 is 1.05 bits per heavy atom. The van der Waals surface area contributed by atoms with E-state index in [1.807, 2.05) is 50.5 Å². The van der Waals surface area contributed by atoms with Gasteiger partial charge < -0.3 is 4.90 Å². The van der Waals surface area contributed by atoms with Gasteiger partial charge in [0.1, 0.15) is 0 Å². The molecule has 1 N–H and O–H groups in total. The molecule has 0 fully saturated rings. The van der Waals surface area contributed by atoms with Gasteiger partial charge in [-0.05, 0) is 36.9 Å². The quantitative estimate of drug-likeness (QED) is 0.947. The molecular weight excluding hydrogens is 296 g/mol. The number of hydrogen-bond donors (Lipinski definition) is 1. The van der Waals surface area contributed by atoms with Gasteiger partial charge >= 0.3 is 0 Å². The van der Waals surface area contributed by atoms with Crippen molar-refractivity contribution in [1.29, 1.82) is 0 Å². The van der Waals surface area contributed by atoms with E-state index >= 15 is 0 Å². The lowest BCUT2D eigenvalue weighted by molar-refractivity contribution is 0.299. The molecule has 0 aliphatic carbocycles. The van der Waals surface area contributed by atoms with Crippen molar-refractivity contribution in [2.45, 2.75) is 6.29 Å². The second kappa shape index (κ2) is 6.30. The van der Waals surface area contributed by atoms with E-state index in [2.05, 4.69) is 21.4 Å². The third kappa shape index (κ3) is 2.89. The summed E-state index contributed by atoms with van der Waals surface area (Å²) in [5.74, 6) is 0. The maximum atomic E-state index is 6.00. The number of hydrogen-bond acceptors (Lipinski definition) is 4. The molecule has 22 heavy (non-hydrogen) atoms. The van der Waals surface area contributed by atoms with Gasteiger partial charge in [-0.1, -0.05) is 23.7 Å². The summed E-state index contributed by atoms with van der Waals surface area (Å²) < 4.78 is 0. The molecule has 0 amide bonds. The minimum atomic E-state index is -0.0841. The number of benzene rings is 1. The molecule has 1 aliphatic rings. The molecule has 0 radical (unpaired) electrons. The molecule has 112 valence electrons. The predicted molar refractivity (Wildman–Crippen MR) is 90.8 cm³/mol. The van der Waals surface area contributed by atoms with Crippen LogP contribution in [0, 0.1) is 0 Å². The fraction of sp³-hybridized carbons (Fsp3) is 0.176. The molecule has 5 heteroatoms. The molecule has 1 unspecified atom stereocenters. The van der Waals surface area contributed by atoms with Gasteiger partial charge in [0.05, 0.1) is 5.71 Å². The molecule has 1 aromatic heterocycles. The fourth-order valence-corrected chi connectivity index (χ4v) is 2.59. The molecule has 1 aromatic carbocycles. The first kappa shape index (κ1) is 14.8. The van der Waals surface area contributed by atoms with Crippen molar-refractivity contribution >= 4 is 22.9 Å². The van der Waals surface area contributed by atoms with E-state index in [4.69, 9.17) is 16.6 Å². The third-order valence-corrected chi connectivity index (χ3v) is 3.84. The normalized spacial score (nSPS) is 18.0. The van der Waals surface area contributed by atoms with Crippen LogP contribution in [-0.4, -0.2) is 36.0 Å². The highest BCUT2D eigenvalue weighted by Crippen LogP contribution is 2.26. The van der Waals surface area contributed by atoms with Crippen molar-refractivity contribution in [2.75, 3.05) is 14.1 Å². The fourth-order valence-electron chi connectivity index (χ4n) is 2.47. The number of pyridine rings is 1. The highest BCUT2D eigenvalue weighted by molar-refractivity contribution is 6.33. The first-order valence-electron chi connectivity index (χ1n) is 7.04. The van der Waals surface area contributed by atoms with Gasteiger partial charge in [-0.25, -0.2) is 4.99 Å². The van der Waals surface area contributed by atoms with Gasteiger partial charge in [0.25, 0.3) is 0 Å². The lowest BCUT2D eigenvalue weighted by atomic mass is 9.96. The highest BCUT2D eigenvalue weighted by Gasteiger charge is 2.22. The zero-order chi connectivity index (χ0) is 15.5. The van der Waals surface area contributed by atoms with E-state index in [0.717, 1.165) is 27.4 Å². The first-order valence-corrected chi connectivity index (χ1v) is 7.42. The van der Waals surface area contributed by atoms with E-state index in [1.54, 1.807) is 12.4 Å². The molecule has 0 bridgehead atoms. The largest absolute Gasteiger partial charge is 0.346 e. The van der Waals surface area contributed by atoms with Crippen LogP contribution in [0.25, 0.3) is 5.57 Å². The molecule has 2 aromatic rings. The Morgan fingerprint density at radius 3 is 2.36 bits per heavy atom. The second-order valence-corrected chi connectivity index (χ2v) is 5.53. The zero-order valence-electron chi connectivity index (χ0n) is 12.5.